The van der Waals surface area contributed by atoms with Gasteiger partial charge in [-0.3, -0.25) is 0 Å². The van der Waals surface area contributed by atoms with E-state index >= 15 is 0 Å². The Bertz CT molecular complexity index is 526. The number of unbranched alkanes of at least 4 members (excludes halogenated alkanes) is 4. The third-order valence-corrected chi connectivity index (χ3v) is 5.17. The molecule has 0 saturated carbocycles. The highest BCUT2D eigenvalue weighted by Crippen LogP contribution is 2.36. The van der Waals surface area contributed by atoms with Gasteiger partial charge < -0.3 is 13.3 Å². The van der Waals surface area contributed by atoms with Crippen molar-refractivity contribution in [3.05, 3.63) is 34.9 Å². The Hall–Kier alpha value is -1.10. The van der Waals surface area contributed by atoms with E-state index in [0.717, 1.165) is 31.4 Å². The smallest absolute Gasteiger partial charge is 0.379 e. The Morgan fingerprint density at radius 1 is 0.741 bits per heavy atom. The van der Waals surface area contributed by atoms with E-state index in [-0.39, 0.29) is 18.1 Å². The fourth-order valence-electron chi connectivity index (χ4n) is 2.54. The van der Waals surface area contributed by atoms with Gasteiger partial charge in [-0.05, 0) is 43.0 Å². The number of halogens is 6. The Labute approximate surface area is 156 Å². The Morgan fingerprint density at radius 2 is 1.22 bits per heavy atom. The van der Waals surface area contributed by atoms with Crippen LogP contribution < -0.4 is 0 Å². The van der Waals surface area contributed by atoms with Crippen molar-refractivity contribution in [2.24, 2.45) is 0 Å². The third-order valence-electron chi connectivity index (χ3n) is 3.90. The molecule has 0 amide bonds. The van der Waals surface area contributed by atoms with Crippen molar-refractivity contribution in [3.8, 4) is 0 Å². The van der Waals surface area contributed by atoms with Crippen LogP contribution >= 0.6 is 0 Å². The van der Waals surface area contributed by atoms with Crippen molar-refractivity contribution in [1.82, 2.24) is 0 Å². The lowest BCUT2D eigenvalue weighted by atomic mass is 10.00. The molecule has 1 rings (SSSR count). The van der Waals surface area contributed by atoms with Crippen LogP contribution in [0.2, 0.25) is 0 Å². The highest BCUT2D eigenvalue weighted by molar-refractivity contribution is 6.36. The molecule has 0 N–H and O–H groups in total. The highest BCUT2D eigenvalue weighted by atomic mass is 28.3. The zero-order chi connectivity index (χ0) is 20.5. The summed E-state index contributed by atoms with van der Waals surface area (Å²) in [6, 6.07) is 1.74. The fourth-order valence-corrected chi connectivity index (χ4v) is 3.36. The molecule has 10 heteroatoms. The standard InChI is InChI=1S/C17H24F6O3Si/c1-24-27(25-2)26-9-7-5-3-4-6-8-13-10-14(16(18,19)20)12-15(11-13)17(21,22)23/h10-12,27H,3-9H2,1-2H3. The first-order valence-corrected chi connectivity index (χ1v) is 9.95. The van der Waals surface area contributed by atoms with Crippen LogP contribution in [-0.4, -0.2) is 30.4 Å². The number of rotatable bonds is 11. The van der Waals surface area contributed by atoms with Crippen molar-refractivity contribution in [3.63, 3.8) is 0 Å². The topological polar surface area (TPSA) is 27.7 Å². The maximum Gasteiger partial charge on any atom is 0.483 e. The van der Waals surface area contributed by atoms with E-state index in [4.69, 9.17) is 13.3 Å². The number of hydrogen-bond donors (Lipinski definition) is 0. The van der Waals surface area contributed by atoms with Crippen LogP contribution in [0.15, 0.2) is 18.2 Å². The van der Waals surface area contributed by atoms with Crippen LogP contribution in [0, 0.1) is 0 Å². The molecular weight excluding hydrogens is 394 g/mol. The summed E-state index contributed by atoms with van der Waals surface area (Å²) in [6.45, 7) is 0.501. The van der Waals surface area contributed by atoms with Crippen molar-refractivity contribution in [2.75, 3.05) is 20.8 Å². The molecule has 0 aromatic heterocycles. The number of aryl methyl sites for hydroxylation is 1. The van der Waals surface area contributed by atoms with Crippen LogP contribution in [0.3, 0.4) is 0 Å². The summed E-state index contributed by atoms with van der Waals surface area (Å²) in [6.07, 6.45) is -5.74. The van der Waals surface area contributed by atoms with E-state index in [0.29, 0.717) is 19.4 Å². The van der Waals surface area contributed by atoms with Gasteiger partial charge in [-0.15, -0.1) is 0 Å². The highest BCUT2D eigenvalue weighted by Gasteiger charge is 2.36. The van der Waals surface area contributed by atoms with Crippen molar-refractivity contribution >= 4 is 9.53 Å². The van der Waals surface area contributed by atoms with Gasteiger partial charge in [0.05, 0.1) is 11.1 Å². The number of benzene rings is 1. The number of hydrogen-bond acceptors (Lipinski definition) is 3. The molecular formula is C17H24F6O3Si. The predicted molar refractivity (Wildman–Crippen MR) is 90.4 cm³/mol. The zero-order valence-corrected chi connectivity index (χ0v) is 16.4. The molecule has 0 atom stereocenters. The summed E-state index contributed by atoms with van der Waals surface area (Å²) in [5.41, 5.74) is -2.48. The molecule has 0 heterocycles. The van der Waals surface area contributed by atoms with E-state index in [1.165, 1.54) is 14.2 Å². The lowest BCUT2D eigenvalue weighted by molar-refractivity contribution is -0.143. The van der Waals surface area contributed by atoms with Gasteiger partial charge in [0, 0.05) is 20.8 Å². The van der Waals surface area contributed by atoms with Gasteiger partial charge in [0.1, 0.15) is 0 Å². The van der Waals surface area contributed by atoms with Crippen molar-refractivity contribution < 1.29 is 39.6 Å². The van der Waals surface area contributed by atoms with Crippen LogP contribution in [0.1, 0.15) is 48.8 Å². The second-order valence-corrected chi connectivity index (χ2v) is 7.92. The summed E-state index contributed by atoms with van der Waals surface area (Å²) in [5.74, 6) is 0. The monoisotopic (exact) mass is 418 g/mol. The molecule has 1 aromatic carbocycles. The molecule has 0 bridgehead atoms. The summed E-state index contributed by atoms with van der Waals surface area (Å²) < 4.78 is 92.2. The molecule has 1 aromatic rings. The van der Waals surface area contributed by atoms with Crippen LogP contribution in [-0.2, 0) is 32.1 Å². The maximum absolute atomic E-state index is 12.8. The molecule has 0 aliphatic rings. The van der Waals surface area contributed by atoms with Crippen molar-refractivity contribution in [2.45, 2.75) is 50.9 Å². The molecule has 156 valence electrons. The fraction of sp³-hybridized carbons (Fsp3) is 0.647. The molecule has 0 aliphatic heterocycles. The molecule has 0 unspecified atom stereocenters. The predicted octanol–water partition coefficient (Wildman–Crippen LogP) is 5.24. The van der Waals surface area contributed by atoms with Gasteiger partial charge in [0.2, 0.25) is 0 Å². The summed E-state index contributed by atoms with van der Waals surface area (Å²) in [4.78, 5) is 0. The molecule has 0 radical (unpaired) electrons. The SMILES string of the molecule is CO[SiH](OC)OCCCCCCCc1cc(C(F)(F)F)cc(C(F)(F)F)c1. The number of alkyl halides is 6. The van der Waals surface area contributed by atoms with Gasteiger partial charge in [-0.1, -0.05) is 19.3 Å². The summed E-state index contributed by atoms with van der Waals surface area (Å²) in [5, 5.41) is 0. The zero-order valence-electron chi connectivity index (χ0n) is 15.3. The van der Waals surface area contributed by atoms with Crippen LogP contribution in [0.4, 0.5) is 26.3 Å². The average Bonchev–Trinajstić information content (AvgIpc) is 2.59. The van der Waals surface area contributed by atoms with Crippen molar-refractivity contribution in [1.29, 1.82) is 0 Å². The minimum absolute atomic E-state index is 0.0505. The van der Waals surface area contributed by atoms with E-state index < -0.39 is 33.0 Å². The average molecular weight is 418 g/mol. The molecule has 0 fully saturated rings. The summed E-state index contributed by atoms with van der Waals surface area (Å²) in [7, 11) is 1.00. The quantitative estimate of drug-likeness (QED) is 0.279. The lowest BCUT2D eigenvalue weighted by Crippen LogP contribution is -2.24. The first-order valence-electron chi connectivity index (χ1n) is 8.53. The largest absolute Gasteiger partial charge is 0.483 e. The van der Waals surface area contributed by atoms with Gasteiger partial charge >= 0.3 is 21.9 Å². The molecule has 3 nitrogen and oxygen atoms in total. The molecule has 0 saturated heterocycles. The lowest BCUT2D eigenvalue weighted by Gasteiger charge is -2.14. The van der Waals surface area contributed by atoms with E-state index in [9.17, 15) is 26.3 Å². The second kappa shape index (κ2) is 11.0. The normalized spacial score (nSPS) is 12.8. The Balaban J connectivity index is 2.44. The third kappa shape index (κ3) is 9.09. The minimum atomic E-state index is -4.80. The first kappa shape index (κ1) is 23.9. The van der Waals surface area contributed by atoms with Crippen LogP contribution in [0.25, 0.3) is 0 Å². The minimum Gasteiger partial charge on any atom is -0.379 e. The first-order chi connectivity index (χ1) is 12.6. The van der Waals surface area contributed by atoms with E-state index in [1.54, 1.807) is 0 Å². The Morgan fingerprint density at radius 3 is 1.70 bits per heavy atom. The van der Waals surface area contributed by atoms with Crippen LogP contribution in [0.5, 0.6) is 0 Å². The van der Waals surface area contributed by atoms with E-state index in [1.807, 2.05) is 0 Å². The molecule has 0 aliphatic carbocycles. The van der Waals surface area contributed by atoms with Gasteiger partial charge in [0.25, 0.3) is 0 Å². The molecule has 27 heavy (non-hydrogen) atoms. The second-order valence-electron chi connectivity index (χ2n) is 6.06. The van der Waals surface area contributed by atoms with Gasteiger partial charge in [-0.25, -0.2) is 0 Å². The van der Waals surface area contributed by atoms with Gasteiger partial charge in [-0.2, -0.15) is 26.3 Å². The van der Waals surface area contributed by atoms with Gasteiger partial charge in [0.15, 0.2) is 0 Å². The maximum atomic E-state index is 12.8. The Kier molecular flexibility index (Phi) is 9.78. The van der Waals surface area contributed by atoms with E-state index in [2.05, 4.69) is 0 Å². The summed E-state index contributed by atoms with van der Waals surface area (Å²) >= 11 is 0. The molecule has 0 spiro atoms.